The Morgan fingerprint density at radius 3 is 2.47 bits per heavy atom. The molecule has 0 unspecified atom stereocenters. The van der Waals surface area contributed by atoms with Gasteiger partial charge in [0.2, 0.25) is 5.91 Å². The molecule has 7 rings (SSSR count). The molecular formula is C29H29FN2O4S2. The first-order chi connectivity index (χ1) is 18.3. The number of thioether (sulfide) groups is 1. The molecule has 2 aromatic carbocycles. The van der Waals surface area contributed by atoms with E-state index in [4.69, 9.17) is 21.7 Å². The molecular weight excluding hydrogens is 523 g/mol. The number of benzene rings is 2. The lowest BCUT2D eigenvalue weighted by molar-refractivity contribution is -0.152. The number of hydrazine groups is 1. The predicted octanol–water partition coefficient (Wildman–Crippen LogP) is 5.86. The number of ether oxygens (including phenoxy) is 2. The van der Waals surface area contributed by atoms with Crippen LogP contribution >= 0.6 is 24.0 Å². The molecule has 0 aromatic heterocycles. The molecule has 38 heavy (non-hydrogen) atoms. The van der Waals surface area contributed by atoms with E-state index in [-0.39, 0.29) is 29.7 Å². The third kappa shape index (κ3) is 4.71. The molecule has 4 saturated carbocycles. The summed E-state index contributed by atoms with van der Waals surface area (Å²) in [6.45, 7) is 0.0600. The summed E-state index contributed by atoms with van der Waals surface area (Å²) in [4.78, 5) is 27.1. The summed E-state index contributed by atoms with van der Waals surface area (Å²) >= 11 is 6.63. The Hall–Kier alpha value is -2.91. The van der Waals surface area contributed by atoms with Crippen LogP contribution in [-0.4, -0.2) is 28.3 Å². The molecule has 2 amide bonds. The Morgan fingerprint density at radius 2 is 1.82 bits per heavy atom. The maximum atomic E-state index is 13.9. The number of thiocarbonyl (C=S) groups is 1. The number of hydrogen-bond acceptors (Lipinski definition) is 6. The van der Waals surface area contributed by atoms with Crippen LogP contribution in [0, 0.1) is 29.0 Å². The van der Waals surface area contributed by atoms with Gasteiger partial charge in [-0.2, -0.15) is 5.01 Å². The van der Waals surface area contributed by atoms with Gasteiger partial charge in [-0.15, -0.1) is 0 Å². The molecule has 4 aliphatic carbocycles. The quantitative estimate of drug-likeness (QED) is 0.343. The first-order valence-electron chi connectivity index (χ1n) is 13.0. The molecule has 9 heteroatoms. The number of methoxy groups -OCH3 is 1. The lowest BCUT2D eigenvalue weighted by Gasteiger charge is -2.55. The number of amides is 2. The van der Waals surface area contributed by atoms with Crippen LogP contribution in [-0.2, 0) is 16.2 Å². The zero-order valence-corrected chi connectivity index (χ0v) is 22.7. The second-order valence-electron chi connectivity index (χ2n) is 10.9. The van der Waals surface area contributed by atoms with E-state index >= 15 is 0 Å². The standard InChI is InChI=1S/C29H29FN2O4S2/c1-35-24-11-17(6-7-23(24)36-16-21-4-2-3-5-22(21)30)12-25-26(33)32(28(37)38-25)31-27(34)29-13-18-8-19(14-29)10-20(9-18)15-29/h2-7,11-12,18-20H,8-10,13-16H2,1H3,(H,31,34). The fraction of sp³-hybridized carbons (Fsp3) is 0.414. The van der Waals surface area contributed by atoms with E-state index in [2.05, 4.69) is 5.43 Å². The van der Waals surface area contributed by atoms with Crippen LogP contribution in [0.3, 0.4) is 0 Å². The average molecular weight is 553 g/mol. The zero-order valence-electron chi connectivity index (χ0n) is 21.1. The monoisotopic (exact) mass is 552 g/mol. The smallest absolute Gasteiger partial charge is 0.285 e. The Kier molecular flexibility index (Phi) is 6.68. The Balaban J connectivity index is 1.14. The van der Waals surface area contributed by atoms with E-state index in [0.29, 0.717) is 49.6 Å². The number of nitrogens with zero attached hydrogens (tertiary/aromatic N) is 1. The second kappa shape index (κ2) is 10.0. The SMILES string of the molecule is COc1cc(C=C2SC(=S)N(NC(=O)C34CC5CC(CC(C5)C3)C4)C2=O)ccc1OCc1ccccc1F. The predicted molar refractivity (Wildman–Crippen MR) is 147 cm³/mol. The van der Waals surface area contributed by atoms with Crippen molar-refractivity contribution in [1.29, 1.82) is 0 Å². The minimum atomic E-state index is -0.367. The van der Waals surface area contributed by atoms with E-state index in [0.717, 1.165) is 31.0 Å². The summed E-state index contributed by atoms with van der Waals surface area (Å²) in [6, 6.07) is 11.7. The Morgan fingerprint density at radius 1 is 1.13 bits per heavy atom. The van der Waals surface area contributed by atoms with Crippen molar-refractivity contribution in [2.75, 3.05) is 7.11 Å². The number of carbonyl (C=O) groups excluding carboxylic acids is 2. The van der Waals surface area contributed by atoms with Crippen LogP contribution in [0.5, 0.6) is 11.5 Å². The van der Waals surface area contributed by atoms with Gasteiger partial charge in [-0.3, -0.25) is 15.0 Å². The van der Waals surface area contributed by atoms with E-state index in [9.17, 15) is 14.0 Å². The molecule has 5 aliphatic rings. The zero-order chi connectivity index (χ0) is 26.4. The third-order valence-corrected chi connectivity index (χ3v) is 9.66. The largest absolute Gasteiger partial charge is 0.493 e. The van der Waals surface area contributed by atoms with Crippen molar-refractivity contribution in [2.45, 2.75) is 45.1 Å². The lowest BCUT2D eigenvalue weighted by atomic mass is 9.49. The summed E-state index contributed by atoms with van der Waals surface area (Å²) in [5.41, 5.74) is 3.68. The summed E-state index contributed by atoms with van der Waals surface area (Å²) in [5, 5.41) is 1.23. The van der Waals surface area contributed by atoms with Gasteiger partial charge in [-0.1, -0.05) is 36.0 Å². The van der Waals surface area contributed by atoms with Crippen LogP contribution in [0.4, 0.5) is 4.39 Å². The van der Waals surface area contributed by atoms with Gasteiger partial charge in [0, 0.05) is 5.56 Å². The summed E-state index contributed by atoms with van der Waals surface area (Å²) in [5.74, 6) is 2.08. The molecule has 1 aliphatic heterocycles. The minimum Gasteiger partial charge on any atom is -0.493 e. The van der Waals surface area contributed by atoms with Crippen molar-refractivity contribution in [1.82, 2.24) is 10.4 Å². The molecule has 198 valence electrons. The second-order valence-corrected chi connectivity index (χ2v) is 12.6. The van der Waals surface area contributed by atoms with Crippen molar-refractivity contribution < 1.29 is 23.5 Å². The molecule has 0 atom stereocenters. The highest BCUT2D eigenvalue weighted by Gasteiger charge is 2.55. The summed E-state index contributed by atoms with van der Waals surface area (Å²) in [7, 11) is 1.52. The van der Waals surface area contributed by atoms with Crippen LogP contribution in [0.1, 0.15) is 49.7 Å². The third-order valence-electron chi connectivity index (χ3n) is 8.35. The number of nitrogens with one attached hydrogen (secondary N) is 1. The van der Waals surface area contributed by atoms with Crippen LogP contribution in [0.15, 0.2) is 47.4 Å². The first kappa shape index (κ1) is 25.4. The van der Waals surface area contributed by atoms with Crippen LogP contribution in [0.25, 0.3) is 6.08 Å². The van der Waals surface area contributed by atoms with E-state index in [1.54, 1.807) is 42.5 Å². The van der Waals surface area contributed by atoms with E-state index < -0.39 is 0 Å². The van der Waals surface area contributed by atoms with Crippen molar-refractivity contribution in [3.8, 4) is 11.5 Å². The van der Waals surface area contributed by atoms with Gasteiger partial charge < -0.3 is 9.47 Å². The highest BCUT2D eigenvalue weighted by atomic mass is 32.2. The summed E-state index contributed by atoms with van der Waals surface area (Å²) < 4.78 is 25.5. The Labute approximate surface area is 230 Å². The molecule has 1 N–H and O–H groups in total. The van der Waals surface area contributed by atoms with Gasteiger partial charge in [-0.05, 0) is 98.3 Å². The molecule has 2 aromatic rings. The van der Waals surface area contributed by atoms with Gasteiger partial charge in [0.25, 0.3) is 5.91 Å². The molecule has 5 fully saturated rings. The number of halogens is 1. The number of rotatable bonds is 7. The highest BCUT2D eigenvalue weighted by molar-refractivity contribution is 8.26. The number of hydrogen-bond donors (Lipinski definition) is 1. The summed E-state index contributed by atoms with van der Waals surface area (Å²) in [6.07, 6.45) is 8.20. The van der Waals surface area contributed by atoms with Crippen LogP contribution < -0.4 is 14.9 Å². The van der Waals surface area contributed by atoms with Gasteiger partial charge in [0.05, 0.1) is 17.4 Å². The molecule has 4 bridgehead atoms. The highest BCUT2D eigenvalue weighted by Crippen LogP contribution is 2.60. The topological polar surface area (TPSA) is 67.9 Å². The van der Waals surface area contributed by atoms with Gasteiger partial charge in [-0.25, -0.2) is 4.39 Å². The van der Waals surface area contributed by atoms with Gasteiger partial charge in [0.15, 0.2) is 15.8 Å². The lowest BCUT2D eigenvalue weighted by Crippen LogP contribution is -2.57. The van der Waals surface area contributed by atoms with E-state index in [1.165, 1.54) is 37.4 Å². The molecule has 0 radical (unpaired) electrons. The number of carbonyl (C=O) groups is 2. The van der Waals surface area contributed by atoms with Crippen molar-refractivity contribution in [3.63, 3.8) is 0 Å². The molecule has 0 spiro atoms. The fourth-order valence-corrected chi connectivity index (χ4v) is 8.17. The molecule has 6 nitrogen and oxygen atoms in total. The van der Waals surface area contributed by atoms with Crippen molar-refractivity contribution in [2.24, 2.45) is 23.2 Å². The van der Waals surface area contributed by atoms with Gasteiger partial charge >= 0.3 is 0 Å². The van der Waals surface area contributed by atoms with Crippen LogP contribution in [0.2, 0.25) is 0 Å². The first-order valence-corrected chi connectivity index (χ1v) is 14.2. The Bertz CT molecular complexity index is 1310. The van der Waals surface area contributed by atoms with E-state index in [1.807, 2.05) is 0 Å². The molecule has 1 heterocycles. The van der Waals surface area contributed by atoms with Crippen molar-refractivity contribution in [3.05, 3.63) is 64.3 Å². The minimum absolute atomic E-state index is 0.0600. The van der Waals surface area contributed by atoms with Gasteiger partial charge in [0.1, 0.15) is 12.4 Å². The maximum Gasteiger partial charge on any atom is 0.285 e. The maximum absolute atomic E-state index is 13.9. The van der Waals surface area contributed by atoms with Crippen molar-refractivity contribution >= 4 is 46.2 Å². The average Bonchev–Trinajstić information content (AvgIpc) is 3.15. The normalized spacial score (nSPS) is 28.7. The molecule has 1 saturated heterocycles. The fourth-order valence-electron chi connectivity index (χ4n) is 6.99.